The minimum absolute atomic E-state index is 0.176. The molecule has 3 nitrogen and oxygen atoms in total. The highest BCUT2D eigenvalue weighted by Crippen LogP contribution is 2.29. The summed E-state index contributed by atoms with van der Waals surface area (Å²) in [5.41, 5.74) is 2.22. The minimum atomic E-state index is 0.176. The Morgan fingerprint density at radius 3 is 2.61 bits per heavy atom. The number of rotatable bonds is 1. The van der Waals surface area contributed by atoms with Crippen molar-refractivity contribution in [1.82, 2.24) is 9.88 Å². The summed E-state index contributed by atoms with van der Waals surface area (Å²) in [5.74, 6) is 0.176. The van der Waals surface area contributed by atoms with Crippen molar-refractivity contribution in [2.45, 2.75) is 32.6 Å². The number of fused-ring (bicyclic) bond motifs is 2. The van der Waals surface area contributed by atoms with Crippen LogP contribution in [0.2, 0.25) is 0 Å². The maximum absolute atomic E-state index is 12.8. The second-order valence-corrected chi connectivity index (χ2v) is 7.43. The first kappa shape index (κ1) is 14.6. The summed E-state index contributed by atoms with van der Waals surface area (Å²) in [5, 5.41) is 2.21. The fourth-order valence-corrected chi connectivity index (χ4v) is 4.26. The van der Waals surface area contributed by atoms with Crippen molar-refractivity contribution in [3.05, 3.63) is 40.8 Å². The molecule has 2 aromatic heterocycles. The number of carbonyl (C=O) groups excluding carboxylic acids is 1. The van der Waals surface area contributed by atoms with Crippen molar-refractivity contribution in [1.29, 1.82) is 0 Å². The third-order valence-corrected chi connectivity index (χ3v) is 5.60. The fourth-order valence-electron chi connectivity index (χ4n) is 3.27. The van der Waals surface area contributed by atoms with E-state index in [0.29, 0.717) is 0 Å². The Morgan fingerprint density at radius 2 is 1.83 bits per heavy atom. The van der Waals surface area contributed by atoms with Crippen molar-refractivity contribution in [3.63, 3.8) is 0 Å². The molecule has 23 heavy (non-hydrogen) atoms. The summed E-state index contributed by atoms with van der Waals surface area (Å²) in [7, 11) is 0. The lowest BCUT2D eigenvalue weighted by Crippen LogP contribution is -2.31. The first-order valence-corrected chi connectivity index (χ1v) is 9.12. The van der Waals surface area contributed by atoms with Crippen LogP contribution in [-0.4, -0.2) is 28.9 Å². The van der Waals surface area contributed by atoms with E-state index < -0.39 is 0 Å². The Hall–Kier alpha value is -1.94. The van der Waals surface area contributed by atoms with Gasteiger partial charge in [-0.05, 0) is 43.5 Å². The zero-order chi connectivity index (χ0) is 15.8. The lowest BCUT2D eigenvalue weighted by molar-refractivity contribution is 0.0766. The fraction of sp³-hybridized carbons (Fsp3) is 0.368. The van der Waals surface area contributed by atoms with Gasteiger partial charge in [-0.2, -0.15) is 0 Å². The van der Waals surface area contributed by atoms with Crippen molar-refractivity contribution < 1.29 is 4.79 Å². The van der Waals surface area contributed by atoms with Gasteiger partial charge in [0.1, 0.15) is 4.83 Å². The largest absolute Gasteiger partial charge is 0.338 e. The summed E-state index contributed by atoms with van der Waals surface area (Å²) < 4.78 is 0. The Balaban J connectivity index is 1.72. The standard InChI is InChI=1S/C19H20N2OS/c1-13-6-7-14-11-15-12-17(23-18(15)20-16(14)10-13)19(22)21-8-4-2-3-5-9-21/h6-7,10-12H,2-5,8-9H2,1H3. The highest BCUT2D eigenvalue weighted by Gasteiger charge is 2.19. The average Bonchev–Trinajstić information content (AvgIpc) is 2.77. The van der Waals surface area contributed by atoms with E-state index in [4.69, 9.17) is 4.98 Å². The van der Waals surface area contributed by atoms with Crippen molar-refractivity contribution >= 4 is 38.4 Å². The van der Waals surface area contributed by atoms with Crippen LogP contribution in [0, 0.1) is 6.92 Å². The molecule has 1 saturated heterocycles. The summed E-state index contributed by atoms with van der Waals surface area (Å²) >= 11 is 1.52. The molecular weight excluding hydrogens is 304 g/mol. The minimum Gasteiger partial charge on any atom is -0.338 e. The molecular formula is C19H20N2OS. The Kier molecular flexibility index (Phi) is 3.77. The van der Waals surface area contributed by atoms with Gasteiger partial charge in [0.05, 0.1) is 10.4 Å². The SMILES string of the molecule is Cc1ccc2cc3cc(C(=O)N4CCCCCC4)sc3nc2c1. The number of carbonyl (C=O) groups is 1. The Labute approximate surface area is 139 Å². The number of aryl methyl sites for hydroxylation is 1. The van der Waals surface area contributed by atoms with E-state index in [2.05, 4.69) is 31.2 Å². The number of benzene rings is 1. The average molecular weight is 324 g/mol. The molecule has 0 radical (unpaired) electrons. The first-order chi connectivity index (χ1) is 11.2. The number of pyridine rings is 1. The summed E-state index contributed by atoms with van der Waals surface area (Å²) in [6.07, 6.45) is 4.72. The van der Waals surface area contributed by atoms with E-state index in [1.165, 1.54) is 29.7 Å². The third kappa shape index (κ3) is 2.83. The van der Waals surface area contributed by atoms with Gasteiger partial charge in [0.25, 0.3) is 5.91 Å². The molecule has 0 atom stereocenters. The highest BCUT2D eigenvalue weighted by molar-refractivity contribution is 7.20. The maximum Gasteiger partial charge on any atom is 0.264 e. The number of hydrogen-bond acceptors (Lipinski definition) is 3. The summed E-state index contributed by atoms with van der Waals surface area (Å²) in [6.45, 7) is 3.86. The van der Waals surface area contributed by atoms with Crippen molar-refractivity contribution in [2.75, 3.05) is 13.1 Å². The van der Waals surface area contributed by atoms with Crippen LogP contribution in [-0.2, 0) is 0 Å². The number of amides is 1. The molecule has 3 heterocycles. The van der Waals surface area contributed by atoms with E-state index >= 15 is 0 Å². The maximum atomic E-state index is 12.8. The number of nitrogens with zero attached hydrogens (tertiary/aromatic N) is 2. The van der Waals surface area contributed by atoms with E-state index in [9.17, 15) is 4.79 Å². The smallest absolute Gasteiger partial charge is 0.264 e. The van der Waals surface area contributed by atoms with E-state index in [0.717, 1.165) is 51.9 Å². The van der Waals surface area contributed by atoms with E-state index in [1.807, 2.05) is 11.0 Å². The number of likely N-dealkylation sites (tertiary alicyclic amines) is 1. The third-order valence-electron chi connectivity index (χ3n) is 4.56. The quantitative estimate of drug-likeness (QED) is 0.646. The van der Waals surface area contributed by atoms with Crippen LogP contribution in [0.15, 0.2) is 30.3 Å². The second kappa shape index (κ2) is 5.93. The van der Waals surface area contributed by atoms with Gasteiger partial charge in [0.2, 0.25) is 0 Å². The second-order valence-electron chi connectivity index (χ2n) is 6.40. The zero-order valence-corrected chi connectivity index (χ0v) is 14.2. The van der Waals surface area contributed by atoms with Gasteiger partial charge in [-0.1, -0.05) is 25.0 Å². The van der Waals surface area contributed by atoms with Gasteiger partial charge >= 0.3 is 0 Å². The van der Waals surface area contributed by atoms with Crippen LogP contribution < -0.4 is 0 Å². The normalized spacial score (nSPS) is 16.0. The zero-order valence-electron chi connectivity index (χ0n) is 13.3. The van der Waals surface area contributed by atoms with Gasteiger partial charge in [-0.3, -0.25) is 4.79 Å². The molecule has 1 aromatic carbocycles. The number of thiophene rings is 1. The topological polar surface area (TPSA) is 33.2 Å². The molecule has 0 aliphatic carbocycles. The van der Waals surface area contributed by atoms with E-state index in [-0.39, 0.29) is 5.91 Å². The molecule has 0 bridgehead atoms. The Morgan fingerprint density at radius 1 is 1.04 bits per heavy atom. The predicted molar refractivity (Wildman–Crippen MR) is 96.2 cm³/mol. The first-order valence-electron chi connectivity index (χ1n) is 8.31. The van der Waals surface area contributed by atoms with Crippen molar-refractivity contribution in [2.24, 2.45) is 0 Å². The van der Waals surface area contributed by atoms with Crippen LogP contribution in [0.25, 0.3) is 21.1 Å². The monoisotopic (exact) mass is 324 g/mol. The molecule has 1 fully saturated rings. The molecule has 1 aliphatic heterocycles. The summed E-state index contributed by atoms with van der Waals surface area (Å²) in [6, 6.07) is 10.5. The molecule has 0 N–H and O–H groups in total. The van der Waals surface area contributed by atoms with Gasteiger partial charge < -0.3 is 4.90 Å². The van der Waals surface area contributed by atoms with Gasteiger partial charge in [-0.25, -0.2) is 4.98 Å². The highest BCUT2D eigenvalue weighted by atomic mass is 32.1. The molecule has 0 unspecified atom stereocenters. The van der Waals surface area contributed by atoms with Crippen LogP contribution >= 0.6 is 11.3 Å². The molecule has 3 aromatic rings. The number of hydrogen-bond donors (Lipinski definition) is 0. The lowest BCUT2D eigenvalue weighted by Gasteiger charge is -2.19. The Bertz CT molecular complexity index is 876. The molecule has 4 rings (SSSR count). The van der Waals surface area contributed by atoms with Crippen LogP contribution in [0.3, 0.4) is 0 Å². The van der Waals surface area contributed by atoms with Crippen molar-refractivity contribution in [3.8, 4) is 0 Å². The predicted octanol–water partition coefficient (Wildman–Crippen LogP) is 4.77. The molecule has 1 aliphatic rings. The molecule has 4 heteroatoms. The molecule has 0 saturated carbocycles. The van der Waals surface area contributed by atoms with Crippen LogP contribution in [0.5, 0.6) is 0 Å². The van der Waals surface area contributed by atoms with Crippen LogP contribution in [0.4, 0.5) is 0 Å². The van der Waals surface area contributed by atoms with Gasteiger partial charge in [0.15, 0.2) is 0 Å². The molecule has 0 spiro atoms. The van der Waals surface area contributed by atoms with E-state index in [1.54, 1.807) is 0 Å². The summed E-state index contributed by atoms with van der Waals surface area (Å²) in [4.78, 5) is 21.3. The van der Waals surface area contributed by atoms with Gasteiger partial charge in [-0.15, -0.1) is 11.3 Å². The number of aromatic nitrogens is 1. The van der Waals surface area contributed by atoms with Gasteiger partial charge in [0, 0.05) is 23.9 Å². The van der Waals surface area contributed by atoms with Crippen LogP contribution in [0.1, 0.15) is 40.9 Å². The molecule has 118 valence electrons. The lowest BCUT2D eigenvalue weighted by atomic mass is 10.1. The molecule has 1 amide bonds.